The minimum Gasteiger partial charge on any atom is -0.478 e. The molecule has 41 heavy (non-hydrogen) atoms. The fourth-order valence-electron chi connectivity index (χ4n) is 2.89. The molecular formula is C39H48O2. The van der Waals surface area contributed by atoms with E-state index in [-0.39, 0.29) is 0 Å². The third-order valence-corrected chi connectivity index (χ3v) is 5.41. The maximum Gasteiger partial charge on any atom is 0.331 e. The molecule has 216 valence electrons. The number of carboxylic acids is 1. The van der Waals surface area contributed by atoms with Crippen LogP contribution in [-0.2, 0) is 4.79 Å². The van der Waals surface area contributed by atoms with Crippen LogP contribution in [-0.4, -0.2) is 11.1 Å². The number of hydrogen-bond acceptors (Lipinski definition) is 1. The van der Waals surface area contributed by atoms with Crippen LogP contribution in [0.15, 0.2) is 179 Å². The van der Waals surface area contributed by atoms with Gasteiger partial charge in [0.1, 0.15) is 0 Å². The Morgan fingerprint density at radius 3 is 0.951 bits per heavy atom. The van der Waals surface area contributed by atoms with Crippen LogP contribution in [0.25, 0.3) is 0 Å². The van der Waals surface area contributed by atoms with E-state index in [2.05, 4.69) is 101 Å². The van der Waals surface area contributed by atoms with Crippen LogP contribution in [0.3, 0.4) is 0 Å². The molecule has 0 unspecified atom stereocenters. The summed E-state index contributed by atoms with van der Waals surface area (Å²) in [7, 11) is 0. The van der Waals surface area contributed by atoms with E-state index in [9.17, 15) is 4.79 Å². The molecule has 0 rings (SSSR count). The monoisotopic (exact) mass is 548 g/mol. The van der Waals surface area contributed by atoms with Gasteiger partial charge in [0.2, 0.25) is 0 Å². The highest BCUT2D eigenvalue weighted by Gasteiger charge is 1.95. The molecule has 0 aliphatic heterocycles. The fraction of sp³-hybridized carbons (Fsp3) is 0.205. The smallest absolute Gasteiger partial charge is 0.331 e. The van der Waals surface area contributed by atoms with E-state index in [1.165, 1.54) is 16.7 Å². The third kappa shape index (κ3) is 23.2. The lowest BCUT2D eigenvalue weighted by atomic mass is 10.2. The molecular weight excluding hydrogens is 500 g/mol. The van der Waals surface area contributed by atoms with Gasteiger partial charge in [-0.1, -0.05) is 173 Å². The number of aliphatic carboxylic acids is 1. The van der Waals surface area contributed by atoms with E-state index in [0.717, 1.165) is 16.7 Å². The van der Waals surface area contributed by atoms with Gasteiger partial charge in [0, 0.05) is 5.57 Å². The zero-order valence-electron chi connectivity index (χ0n) is 26.1. The number of rotatable bonds is 15. The normalized spacial score (nSPS) is 16.2. The van der Waals surface area contributed by atoms with Gasteiger partial charge in [0.25, 0.3) is 0 Å². The average molecular weight is 549 g/mol. The summed E-state index contributed by atoms with van der Waals surface area (Å²) in [6.07, 6.45) is 46.4. The van der Waals surface area contributed by atoms with Gasteiger partial charge >= 0.3 is 5.97 Å². The van der Waals surface area contributed by atoms with E-state index in [1.54, 1.807) is 19.1 Å². The molecule has 0 aliphatic carbocycles. The summed E-state index contributed by atoms with van der Waals surface area (Å²) in [5.74, 6) is -0.905. The van der Waals surface area contributed by atoms with Gasteiger partial charge in [-0.05, 0) is 55.4 Å². The predicted molar refractivity (Wildman–Crippen MR) is 183 cm³/mol. The standard InChI is InChI=1S/C39H48O2/c1-9-10-11-19-32(2)22-14-25-35(5)26-15-23-33(3)20-12-13-21-34(4)24-16-27-36(6)28-17-29-37(7)30-18-31-38(8)39(40)41/h9-31H,1-8H3,(H,40,41)/b10-9?,13-12+,19-11+,23-15+,24-16+,25-14+,28-17+,30-18+,32-22+,33-20+,34-21+,35-26+,36-27+,37-29+,38-31+. The first kappa shape index (κ1) is 36.6. The molecule has 2 heteroatoms. The van der Waals surface area contributed by atoms with E-state index >= 15 is 0 Å². The van der Waals surface area contributed by atoms with Crippen molar-refractivity contribution >= 4 is 5.97 Å². The highest BCUT2D eigenvalue weighted by Crippen LogP contribution is 2.04. The van der Waals surface area contributed by atoms with Crippen LogP contribution in [0.4, 0.5) is 0 Å². The minimum atomic E-state index is -0.905. The quantitative estimate of drug-likeness (QED) is 0.163. The van der Waals surface area contributed by atoms with Crippen molar-refractivity contribution in [2.45, 2.75) is 55.4 Å². The van der Waals surface area contributed by atoms with Gasteiger partial charge in [-0.25, -0.2) is 4.79 Å². The summed E-state index contributed by atoms with van der Waals surface area (Å²) in [5, 5.41) is 8.86. The van der Waals surface area contributed by atoms with Crippen LogP contribution in [0.5, 0.6) is 0 Å². The number of carbonyl (C=O) groups is 1. The molecule has 0 fully saturated rings. The maximum absolute atomic E-state index is 10.8. The second-order valence-corrected chi connectivity index (χ2v) is 9.68. The van der Waals surface area contributed by atoms with Crippen molar-refractivity contribution in [1.82, 2.24) is 0 Å². The van der Waals surface area contributed by atoms with E-state index in [0.29, 0.717) is 5.57 Å². The Morgan fingerprint density at radius 2 is 0.659 bits per heavy atom. The molecule has 0 amide bonds. The molecule has 1 N–H and O–H groups in total. The molecule has 0 atom stereocenters. The largest absolute Gasteiger partial charge is 0.478 e. The van der Waals surface area contributed by atoms with Crippen molar-refractivity contribution in [3.05, 3.63) is 179 Å². The van der Waals surface area contributed by atoms with Gasteiger partial charge in [-0.2, -0.15) is 0 Å². The summed E-state index contributed by atoms with van der Waals surface area (Å²) in [4.78, 5) is 10.8. The summed E-state index contributed by atoms with van der Waals surface area (Å²) in [6, 6.07) is 0. The predicted octanol–water partition coefficient (Wildman–Crippen LogP) is 11.2. The zero-order chi connectivity index (χ0) is 30.9. The highest BCUT2D eigenvalue weighted by atomic mass is 16.4. The van der Waals surface area contributed by atoms with Crippen molar-refractivity contribution < 1.29 is 9.90 Å². The number of carboxylic acid groups (broad SMARTS) is 1. The first-order valence-corrected chi connectivity index (χ1v) is 13.8. The van der Waals surface area contributed by atoms with Crippen LogP contribution < -0.4 is 0 Å². The van der Waals surface area contributed by atoms with Crippen LogP contribution in [0.1, 0.15) is 55.4 Å². The Labute approximate surface area is 249 Å². The highest BCUT2D eigenvalue weighted by molar-refractivity contribution is 5.86. The second-order valence-electron chi connectivity index (χ2n) is 9.68. The van der Waals surface area contributed by atoms with E-state index < -0.39 is 5.97 Å². The van der Waals surface area contributed by atoms with Crippen LogP contribution in [0.2, 0.25) is 0 Å². The van der Waals surface area contributed by atoms with Crippen molar-refractivity contribution in [2.75, 3.05) is 0 Å². The molecule has 0 heterocycles. The number of allylic oxidation sites excluding steroid dienone is 29. The van der Waals surface area contributed by atoms with Crippen LogP contribution >= 0.6 is 0 Å². The van der Waals surface area contributed by atoms with Crippen molar-refractivity contribution in [3.8, 4) is 0 Å². The summed E-state index contributed by atoms with van der Waals surface area (Å²) in [5.41, 5.74) is 7.22. The molecule has 0 radical (unpaired) electrons. The fourth-order valence-corrected chi connectivity index (χ4v) is 2.89. The molecule has 0 aromatic carbocycles. The Hall–Kier alpha value is -4.43. The third-order valence-electron chi connectivity index (χ3n) is 5.41. The van der Waals surface area contributed by atoms with Crippen molar-refractivity contribution in [2.24, 2.45) is 0 Å². The van der Waals surface area contributed by atoms with Crippen molar-refractivity contribution in [3.63, 3.8) is 0 Å². The first-order valence-electron chi connectivity index (χ1n) is 13.8. The summed E-state index contributed by atoms with van der Waals surface area (Å²) in [6.45, 7) is 16.0. The Balaban J connectivity index is 4.83. The maximum atomic E-state index is 10.8. The molecule has 0 bridgehead atoms. The van der Waals surface area contributed by atoms with E-state index in [4.69, 9.17) is 5.11 Å². The minimum absolute atomic E-state index is 0.310. The van der Waals surface area contributed by atoms with Gasteiger partial charge in [0.05, 0.1) is 0 Å². The summed E-state index contributed by atoms with van der Waals surface area (Å²) >= 11 is 0. The van der Waals surface area contributed by atoms with Gasteiger partial charge in [-0.15, -0.1) is 0 Å². The lowest BCUT2D eigenvalue weighted by Crippen LogP contribution is -1.94. The average Bonchev–Trinajstić information content (AvgIpc) is 2.91. The molecule has 0 aromatic heterocycles. The van der Waals surface area contributed by atoms with E-state index in [1.807, 2.05) is 74.6 Å². The Kier molecular flexibility index (Phi) is 20.9. The molecule has 0 aromatic rings. The molecule has 2 nitrogen and oxygen atoms in total. The first-order chi connectivity index (χ1) is 19.5. The molecule has 0 saturated carbocycles. The van der Waals surface area contributed by atoms with Gasteiger partial charge in [-0.3, -0.25) is 0 Å². The van der Waals surface area contributed by atoms with Crippen LogP contribution in [0, 0.1) is 0 Å². The zero-order valence-corrected chi connectivity index (χ0v) is 26.1. The topological polar surface area (TPSA) is 37.3 Å². The Morgan fingerprint density at radius 1 is 0.390 bits per heavy atom. The van der Waals surface area contributed by atoms with Gasteiger partial charge < -0.3 is 5.11 Å². The molecule has 0 aliphatic rings. The SMILES string of the molecule is CC=C/C=C/C(C)=C/C=C/C(C)=C/C=C/C(C)=C/C=C/C=C(C)/C=C/C=C(C)/C=C/C=C(C)/C=C/C=C(\C)C(=O)O. The Bertz CT molecular complexity index is 1290. The lowest BCUT2D eigenvalue weighted by Gasteiger charge is -1.91. The van der Waals surface area contributed by atoms with Gasteiger partial charge in [0.15, 0.2) is 0 Å². The number of hydrogen-bond donors (Lipinski definition) is 1. The second kappa shape index (κ2) is 23.5. The van der Waals surface area contributed by atoms with Crippen molar-refractivity contribution in [1.29, 1.82) is 0 Å². The molecule has 0 spiro atoms. The lowest BCUT2D eigenvalue weighted by molar-refractivity contribution is -0.132. The molecule has 0 saturated heterocycles. The summed E-state index contributed by atoms with van der Waals surface area (Å²) < 4.78 is 0.